The summed E-state index contributed by atoms with van der Waals surface area (Å²) in [5, 5.41) is 4.78. The van der Waals surface area contributed by atoms with Crippen LogP contribution in [0.3, 0.4) is 0 Å². The summed E-state index contributed by atoms with van der Waals surface area (Å²) in [7, 11) is -1.67. The van der Waals surface area contributed by atoms with Crippen LogP contribution in [0, 0.1) is 33.8 Å². The van der Waals surface area contributed by atoms with Gasteiger partial charge in [-0.2, -0.15) is 22.4 Å². The van der Waals surface area contributed by atoms with Crippen molar-refractivity contribution in [2.45, 2.75) is 113 Å². The molecule has 1 aliphatic rings. The summed E-state index contributed by atoms with van der Waals surface area (Å²) in [6, 6.07) is 21.9. The predicted molar refractivity (Wildman–Crippen MR) is 180 cm³/mol. The maximum absolute atomic E-state index is 4.06. The molecular formula is C39H51Cl3SiTi. The Bertz CT molecular complexity index is 1350. The van der Waals surface area contributed by atoms with Crippen molar-refractivity contribution in [2.24, 2.45) is 0 Å². The third-order valence-corrected chi connectivity index (χ3v) is 11.6. The van der Waals surface area contributed by atoms with Gasteiger partial charge in [-0.25, -0.2) is 0 Å². The van der Waals surface area contributed by atoms with Crippen LogP contribution >= 0.6 is 0 Å². The topological polar surface area (TPSA) is 0 Å². The van der Waals surface area contributed by atoms with Crippen LogP contribution in [0.25, 0.3) is 5.57 Å². The van der Waals surface area contributed by atoms with Gasteiger partial charge in [-0.1, -0.05) is 160 Å². The summed E-state index contributed by atoms with van der Waals surface area (Å²) in [5.41, 5.74) is 12.8. The number of aryl methyl sites for hydroxylation is 4. The third kappa shape index (κ3) is 10.5. The first-order valence-electron chi connectivity index (χ1n) is 15.3. The van der Waals surface area contributed by atoms with Crippen LogP contribution in [0.2, 0.25) is 0 Å². The fourth-order valence-electron chi connectivity index (χ4n) is 6.25. The van der Waals surface area contributed by atoms with Gasteiger partial charge in [0.1, 0.15) is 0 Å². The van der Waals surface area contributed by atoms with Crippen LogP contribution in [-0.4, -0.2) is 8.80 Å². The van der Waals surface area contributed by atoms with Gasteiger partial charge in [-0.05, 0) is 38.5 Å². The molecule has 0 N–H and O–H groups in total. The van der Waals surface area contributed by atoms with E-state index in [-0.39, 0.29) is 69.8 Å². The van der Waals surface area contributed by atoms with Gasteiger partial charge in [-0.3, -0.25) is 0 Å². The van der Waals surface area contributed by atoms with Gasteiger partial charge in [0.15, 0.2) is 0 Å². The van der Waals surface area contributed by atoms with E-state index >= 15 is 0 Å². The average Bonchev–Trinajstić information content (AvgIpc) is 3.24. The van der Waals surface area contributed by atoms with E-state index < -0.39 is 8.80 Å². The zero-order chi connectivity index (χ0) is 29.4. The van der Waals surface area contributed by atoms with Gasteiger partial charge in [-0.15, -0.1) is 17.7 Å². The Balaban J connectivity index is 0.00000462. The molecule has 0 fully saturated rings. The molecule has 0 spiro atoms. The van der Waals surface area contributed by atoms with Crippen LogP contribution < -0.4 is 47.6 Å². The molecule has 0 radical (unpaired) electrons. The van der Waals surface area contributed by atoms with Crippen LogP contribution in [-0.2, 0) is 32.5 Å². The fraction of sp³-hybridized carbons (Fsp3) is 0.436. The van der Waals surface area contributed by atoms with Gasteiger partial charge in [0, 0.05) is 0 Å². The fourth-order valence-corrected chi connectivity index (χ4v) is 10.1. The summed E-state index contributed by atoms with van der Waals surface area (Å²) in [6.07, 6.45) is 8.63. The quantitative estimate of drug-likeness (QED) is 0.244. The maximum atomic E-state index is 4.06. The molecule has 0 aliphatic heterocycles. The average molecular weight is 702 g/mol. The molecule has 0 unspecified atom stereocenters. The molecule has 1 aliphatic carbocycles. The molecule has 3 aromatic carbocycles. The molecule has 4 rings (SSSR count). The third-order valence-electron chi connectivity index (χ3n) is 8.35. The largest absolute Gasteiger partial charge is 4.00 e. The van der Waals surface area contributed by atoms with E-state index in [1.165, 1.54) is 62.9 Å². The van der Waals surface area contributed by atoms with Crippen molar-refractivity contribution < 1.29 is 58.9 Å². The Morgan fingerprint density at radius 3 is 1.41 bits per heavy atom. The smallest absolute Gasteiger partial charge is 1.00 e. The molecule has 0 atom stereocenters. The zero-order valence-electron chi connectivity index (χ0n) is 28.7. The van der Waals surface area contributed by atoms with E-state index in [1.807, 2.05) is 0 Å². The van der Waals surface area contributed by atoms with Crippen molar-refractivity contribution in [3.05, 3.63) is 110 Å². The number of hydrogen-bond donors (Lipinski definition) is 0. The molecule has 0 nitrogen and oxygen atoms in total. The maximum Gasteiger partial charge on any atom is 4.00 e. The summed E-state index contributed by atoms with van der Waals surface area (Å²) < 4.78 is 0. The molecule has 0 amide bonds. The molecule has 0 saturated heterocycles. The number of allylic oxidation sites excluding steroid dienone is 4. The van der Waals surface area contributed by atoms with E-state index in [9.17, 15) is 0 Å². The van der Waals surface area contributed by atoms with E-state index in [1.54, 1.807) is 15.6 Å². The van der Waals surface area contributed by atoms with Gasteiger partial charge in [0.25, 0.3) is 0 Å². The van der Waals surface area contributed by atoms with Crippen molar-refractivity contribution >= 4 is 24.7 Å². The molecular weight excluding hydrogens is 651 g/mol. The Hall–Kier alpha value is -1.06. The molecule has 5 heteroatoms. The predicted octanol–water partition coefficient (Wildman–Crippen LogP) is 0.183. The zero-order valence-corrected chi connectivity index (χ0v) is 33.7. The Labute approximate surface area is 304 Å². The molecule has 0 saturated carbocycles. The minimum Gasteiger partial charge on any atom is -1.00 e. The molecule has 0 heterocycles. The van der Waals surface area contributed by atoms with Crippen molar-refractivity contribution in [3.8, 4) is 0 Å². The Morgan fingerprint density at radius 1 is 0.636 bits per heavy atom. The van der Waals surface area contributed by atoms with Crippen molar-refractivity contribution in [1.82, 2.24) is 0 Å². The van der Waals surface area contributed by atoms with E-state index in [2.05, 4.69) is 137 Å². The van der Waals surface area contributed by atoms with E-state index in [0.29, 0.717) is 0 Å². The van der Waals surface area contributed by atoms with Crippen LogP contribution in [0.5, 0.6) is 0 Å². The van der Waals surface area contributed by atoms with Gasteiger partial charge in [0.2, 0.25) is 0 Å². The van der Waals surface area contributed by atoms with E-state index in [4.69, 9.17) is 0 Å². The van der Waals surface area contributed by atoms with Gasteiger partial charge in [0.05, 0.1) is 8.80 Å². The second kappa shape index (κ2) is 17.2. The monoisotopic (exact) mass is 700 g/mol. The number of benzene rings is 3. The Morgan fingerprint density at radius 2 is 1.05 bits per heavy atom. The number of hydrogen-bond acceptors (Lipinski definition) is 0. The minimum absolute atomic E-state index is 0. The SMILES string of the molecule is CCCCC1=C([SiH](c2cc(C)cc(C)c2)c2cc(C)cc(C)c2)CC(c2cc(C(C)(C)C)cc(C(C)(C)C)c2)=[C-]1.[Cl-].[Cl-].[Cl-].[Ti+4]. The van der Waals surface area contributed by atoms with Gasteiger partial charge >= 0.3 is 21.7 Å². The first-order valence-corrected chi connectivity index (χ1v) is 17.1. The van der Waals surface area contributed by atoms with Crippen molar-refractivity contribution in [3.63, 3.8) is 0 Å². The molecule has 0 aromatic heterocycles. The van der Waals surface area contributed by atoms with E-state index in [0.717, 1.165) is 12.8 Å². The molecule has 44 heavy (non-hydrogen) atoms. The number of unbranched alkanes of at least 4 members (excludes halogenated alkanes) is 1. The first-order chi connectivity index (χ1) is 18.7. The summed E-state index contributed by atoms with van der Waals surface area (Å²) in [6.45, 7) is 25.4. The number of rotatable bonds is 7. The summed E-state index contributed by atoms with van der Waals surface area (Å²) >= 11 is 0. The summed E-state index contributed by atoms with van der Waals surface area (Å²) in [4.78, 5) is 0. The number of halogens is 3. The standard InChI is InChI=1S/C39H51Si.3ClH.Ti/c1-12-13-14-30-21-31(32-22-33(38(6,7)8)25-34(23-32)39(9,10)11)24-37(30)40(35-17-26(2)15-27(3)18-35)36-19-28(4)16-29(5)20-36;;;;/h15-20,22-23,25,40H,12-14,24H2,1-11H3;3*1H;/q-1;;;;+4/p-3. The molecule has 3 aromatic rings. The van der Waals surface area contributed by atoms with Crippen LogP contribution in [0.1, 0.15) is 113 Å². The minimum atomic E-state index is -1.67. The first kappa shape index (κ1) is 42.9. The second-order valence-corrected chi connectivity index (χ2v) is 17.4. The summed E-state index contributed by atoms with van der Waals surface area (Å²) in [5.74, 6) is 0. The normalized spacial score (nSPS) is 13.0. The Kier molecular flexibility index (Phi) is 16.8. The van der Waals surface area contributed by atoms with Gasteiger partial charge < -0.3 is 37.2 Å². The molecule has 0 bridgehead atoms. The molecule has 236 valence electrons. The van der Waals surface area contributed by atoms with Crippen LogP contribution in [0.4, 0.5) is 0 Å². The van der Waals surface area contributed by atoms with Crippen LogP contribution in [0.15, 0.2) is 65.4 Å². The van der Waals surface area contributed by atoms with Crippen molar-refractivity contribution in [2.75, 3.05) is 0 Å². The second-order valence-electron chi connectivity index (χ2n) is 14.5. The van der Waals surface area contributed by atoms with Crippen molar-refractivity contribution in [1.29, 1.82) is 0 Å².